The number of halogens is 1. The van der Waals surface area contributed by atoms with Gasteiger partial charge in [0.25, 0.3) is 0 Å². The number of nitrogens with zero attached hydrogens (tertiary/aromatic N) is 1. The molecule has 0 spiro atoms. The van der Waals surface area contributed by atoms with Gasteiger partial charge in [0.1, 0.15) is 0 Å². The molecule has 19 heavy (non-hydrogen) atoms. The van der Waals surface area contributed by atoms with Gasteiger partial charge in [0.2, 0.25) is 5.91 Å². The van der Waals surface area contributed by atoms with Crippen LogP contribution in [0.15, 0.2) is 24.3 Å². The van der Waals surface area contributed by atoms with Gasteiger partial charge in [0.15, 0.2) is 0 Å². The highest BCUT2D eigenvalue weighted by atomic mass is 35.5. The highest BCUT2D eigenvalue weighted by Crippen LogP contribution is 2.11. The molecule has 1 aliphatic rings. The van der Waals surface area contributed by atoms with Crippen molar-refractivity contribution in [2.45, 2.75) is 39.3 Å². The van der Waals surface area contributed by atoms with Gasteiger partial charge >= 0.3 is 0 Å². The molecule has 2 atom stereocenters. The molecule has 0 bridgehead atoms. The maximum Gasteiger partial charge on any atom is 0.227 e. The molecule has 1 fully saturated rings. The number of hydrogen-bond acceptors (Lipinski definition) is 2. The summed E-state index contributed by atoms with van der Waals surface area (Å²) >= 11 is 0. The van der Waals surface area contributed by atoms with Crippen LogP contribution < -0.4 is 5.32 Å². The van der Waals surface area contributed by atoms with Gasteiger partial charge in [0.05, 0.1) is 6.42 Å². The first-order valence-corrected chi connectivity index (χ1v) is 6.64. The zero-order valence-electron chi connectivity index (χ0n) is 11.8. The van der Waals surface area contributed by atoms with Crippen LogP contribution in [0.25, 0.3) is 0 Å². The average molecular weight is 283 g/mol. The monoisotopic (exact) mass is 282 g/mol. The molecule has 1 saturated heterocycles. The maximum absolute atomic E-state index is 12.3. The number of nitrogens with one attached hydrogen (secondary N) is 1. The summed E-state index contributed by atoms with van der Waals surface area (Å²) in [6.45, 7) is 7.99. The maximum atomic E-state index is 12.3. The Balaban J connectivity index is 0.00000180. The summed E-state index contributed by atoms with van der Waals surface area (Å²) in [5, 5.41) is 3.39. The smallest absolute Gasteiger partial charge is 0.227 e. The minimum absolute atomic E-state index is 0. The largest absolute Gasteiger partial charge is 0.337 e. The Labute approximate surface area is 121 Å². The van der Waals surface area contributed by atoms with Gasteiger partial charge in [-0.2, -0.15) is 0 Å². The van der Waals surface area contributed by atoms with Crippen LogP contribution in [-0.2, 0) is 11.2 Å². The molecule has 1 N–H and O–H groups in total. The van der Waals surface area contributed by atoms with Gasteiger partial charge in [-0.25, -0.2) is 0 Å². The number of amides is 1. The van der Waals surface area contributed by atoms with E-state index in [1.165, 1.54) is 5.56 Å². The zero-order valence-corrected chi connectivity index (χ0v) is 12.7. The average Bonchev–Trinajstić information content (AvgIpc) is 2.35. The number of piperazine rings is 1. The van der Waals surface area contributed by atoms with Crippen molar-refractivity contribution in [1.29, 1.82) is 0 Å². The second-order valence-electron chi connectivity index (χ2n) is 5.37. The Morgan fingerprint density at radius 2 is 1.95 bits per heavy atom. The lowest BCUT2D eigenvalue weighted by molar-refractivity contribution is -0.133. The first kappa shape index (κ1) is 16.0. The summed E-state index contributed by atoms with van der Waals surface area (Å²) in [5.74, 6) is 0.236. The summed E-state index contributed by atoms with van der Waals surface area (Å²) in [4.78, 5) is 14.3. The van der Waals surface area contributed by atoms with E-state index in [1.54, 1.807) is 0 Å². The SMILES string of the molecule is Cc1ccc(CC(=O)N2CC(C)NCC2C)cc1.Cl. The lowest BCUT2D eigenvalue weighted by Crippen LogP contribution is -2.56. The van der Waals surface area contributed by atoms with Crippen LogP contribution in [0, 0.1) is 6.92 Å². The van der Waals surface area contributed by atoms with Crippen molar-refractivity contribution in [1.82, 2.24) is 10.2 Å². The molecular formula is C15H23ClN2O. The van der Waals surface area contributed by atoms with Crippen molar-refractivity contribution in [3.8, 4) is 0 Å². The van der Waals surface area contributed by atoms with Gasteiger partial charge in [0, 0.05) is 25.2 Å². The van der Waals surface area contributed by atoms with Crippen molar-refractivity contribution >= 4 is 18.3 Å². The van der Waals surface area contributed by atoms with Crippen molar-refractivity contribution in [2.24, 2.45) is 0 Å². The molecule has 4 heteroatoms. The molecule has 0 aromatic heterocycles. The van der Waals surface area contributed by atoms with E-state index in [4.69, 9.17) is 0 Å². The lowest BCUT2D eigenvalue weighted by atomic mass is 10.1. The fourth-order valence-corrected chi connectivity index (χ4v) is 2.35. The molecule has 2 unspecified atom stereocenters. The van der Waals surface area contributed by atoms with E-state index < -0.39 is 0 Å². The number of aryl methyl sites for hydroxylation is 1. The Hall–Kier alpha value is -1.06. The molecule has 0 radical (unpaired) electrons. The van der Waals surface area contributed by atoms with Gasteiger partial charge in [-0.1, -0.05) is 29.8 Å². The fraction of sp³-hybridized carbons (Fsp3) is 0.533. The quantitative estimate of drug-likeness (QED) is 0.902. The molecule has 3 nitrogen and oxygen atoms in total. The van der Waals surface area contributed by atoms with Crippen LogP contribution in [0.1, 0.15) is 25.0 Å². The van der Waals surface area contributed by atoms with Gasteiger partial charge < -0.3 is 10.2 Å². The summed E-state index contributed by atoms with van der Waals surface area (Å²) in [6.07, 6.45) is 0.511. The molecule has 1 aromatic carbocycles. The van der Waals surface area contributed by atoms with Crippen LogP contribution in [0.3, 0.4) is 0 Å². The number of benzene rings is 1. The summed E-state index contributed by atoms with van der Waals surface area (Å²) in [6, 6.07) is 8.90. The van der Waals surface area contributed by atoms with Crippen LogP contribution in [0.5, 0.6) is 0 Å². The van der Waals surface area contributed by atoms with Gasteiger partial charge in [-0.05, 0) is 26.3 Å². The van der Waals surface area contributed by atoms with E-state index >= 15 is 0 Å². The lowest BCUT2D eigenvalue weighted by Gasteiger charge is -2.37. The van der Waals surface area contributed by atoms with E-state index in [0.29, 0.717) is 18.5 Å². The van der Waals surface area contributed by atoms with Crippen molar-refractivity contribution < 1.29 is 4.79 Å². The predicted octanol–water partition coefficient (Wildman–Crippen LogP) is 2.17. The Bertz CT molecular complexity index is 419. The van der Waals surface area contributed by atoms with Gasteiger partial charge in [-0.15, -0.1) is 12.4 Å². The fourth-order valence-electron chi connectivity index (χ4n) is 2.35. The topological polar surface area (TPSA) is 32.3 Å². The van der Waals surface area contributed by atoms with Crippen molar-refractivity contribution in [2.75, 3.05) is 13.1 Å². The number of carbonyl (C=O) groups excluding carboxylic acids is 1. The Morgan fingerprint density at radius 3 is 2.58 bits per heavy atom. The number of carbonyl (C=O) groups is 1. The van der Waals surface area contributed by atoms with Crippen molar-refractivity contribution in [3.63, 3.8) is 0 Å². The third-order valence-electron chi connectivity index (χ3n) is 3.56. The third kappa shape index (κ3) is 4.22. The number of hydrogen-bond donors (Lipinski definition) is 1. The van der Waals surface area contributed by atoms with E-state index in [0.717, 1.165) is 18.7 Å². The molecule has 2 rings (SSSR count). The van der Waals surface area contributed by atoms with E-state index in [-0.39, 0.29) is 18.3 Å². The van der Waals surface area contributed by atoms with E-state index in [1.807, 2.05) is 17.0 Å². The molecule has 0 saturated carbocycles. The molecule has 1 aliphatic heterocycles. The third-order valence-corrected chi connectivity index (χ3v) is 3.56. The molecule has 106 valence electrons. The highest BCUT2D eigenvalue weighted by Gasteiger charge is 2.26. The van der Waals surface area contributed by atoms with Crippen LogP contribution in [0.4, 0.5) is 0 Å². The minimum Gasteiger partial charge on any atom is -0.337 e. The first-order chi connectivity index (χ1) is 8.56. The summed E-state index contributed by atoms with van der Waals surface area (Å²) in [7, 11) is 0. The molecule has 0 aliphatic carbocycles. The van der Waals surface area contributed by atoms with Crippen LogP contribution in [-0.4, -0.2) is 36.0 Å². The molecule has 1 heterocycles. The minimum atomic E-state index is 0. The highest BCUT2D eigenvalue weighted by molar-refractivity contribution is 5.85. The predicted molar refractivity (Wildman–Crippen MR) is 80.8 cm³/mol. The normalized spacial score (nSPS) is 22.8. The summed E-state index contributed by atoms with van der Waals surface area (Å²) in [5.41, 5.74) is 2.33. The standard InChI is InChI=1S/C15H22N2O.ClH/c1-11-4-6-14(7-5-11)8-15(18)17-10-12(2)16-9-13(17)3;/h4-7,12-13,16H,8-10H2,1-3H3;1H. The van der Waals surface area contributed by atoms with E-state index in [9.17, 15) is 4.79 Å². The molecular weight excluding hydrogens is 260 g/mol. The van der Waals surface area contributed by atoms with Crippen LogP contribution >= 0.6 is 12.4 Å². The Kier molecular flexibility index (Phi) is 5.83. The van der Waals surface area contributed by atoms with Crippen molar-refractivity contribution in [3.05, 3.63) is 35.4 Å². The second kappa shape index (κ2) is 6.92. The number of rotatable bonds is 2. The van der Waals surface area contributed by atoms with Crippen LogP contribution in [0.2, 0.25) is 0 Å². The zero-order chi connectivity index (χ0) is 13.1. The Morgan fingerprint density at radius 1 is 1.32 bits per heavy atom. The summed E-state index contributed by atoms with van der Waals surface area (Å²) < 4.78 is 0. The molecule has 1 aromatic rings. The molecule has 1 amide bonds. The van der Waals surface area contributed by atoms with E-state index in [2.05, 4.69) is 38.2 Å². The second-order valence-corrected chi connectivity index (χ2v) is 5.37. The first-order valence-electron chi connectivity index (χ1n) is 6.64. The van der Waals surface area contributed by atoms with Gasteiger partial charge in [-0.3, -0.25) is 4.79 Å².